The molecule has 15 heavy (non-hydrogen) atoms. The number of anilines is 3. The summed E-state index contributed by atoms with van der Waals surface area (Å²) in [6.07, 6.45) is 2.69. The predicted octanol–water partition coefficient (Wildman–Crippen LogP) is 1.91. The van der Waals surface area contributed by atoms with E-state index < -0.39 is 0 Å². The maximum Gasteiger partial charge on any atom is 0.0811 e. The van der Waals surface area contributed by atoms with Crippen molar-refractivity contribution >= 4 is 17.1 Å². The molecule has 1 heterocycles. The molecule has 0 bridgehead atoms. The zero-order valence-electron chi connectivity index (χ0n) is 9.09. The Morgan fingerprint density at radius 2 is 2.20 bits per heavy atom. The highest BCUT2D eigenvalue weighted by Crippen LogP contribution is 2.49. The fourth-order valence-electron chi connectivity index (χ4n) is 2.50. The molecule has 3 heteroatoms. The van der Waals surface area contributed by atoms with Gasteiger partial charge >= 0.3 is 0 Å². The minimum Gasteiger partial charge on any atom is -0.397 e. The highest BCUT2D eigenvalue weighted by atomic mass is 15.2. The third kappa shape index (κ3) is 1.34. The van der Waals surface area contributed by atoms with Gasteiger partial charge < -0.3 is 16.0 Å². The number of nitrogens with two attached hydrogens (primary N) is 1. The molecule has 0 atom stereocenters. The number of nitrogens with one attached hydrogen (secondary N) is 1. The highest BCUT2D eigenvalue weighted by Gasteiger charge is 2.44. The number of benzene rings is 1. The lowest BCUT2D eigenvalue weighted by Gasteiger charge is -2.22. The van der Waals surface area contributed by atoms with E-state index in [9.17, 15) is 0 Å². The fourth-order valence-corrected chi connectivity index (χ4v) is 2.50. The zero-order chi connectivity index (χ0) is 10.5. The van der Waals surface area contributed by atoms with Gasteiger partial charge in [0.05, 0.1) is 17.1 Å². The Morgan fingerprint density at radius 1 is 1.40 bits per heavy atom. The van der Waals surface area contributed by atoms with E-state index in [1.807, 2.05) is 12.1 Å². The first-order valence-corrected chi connectivity index (χ1v) is 5.54. The van der Waals surface area contributed by atoms with Gasteiger partial charge in [-0.3, -0.25) is 0 Å². The van der Waals surface area contributed by atoms with Gasteiger partial charge in [-0.15, -0.1) is 0 Å². The van der Waals surface area contributed by atoms with E-state index >= 15 is 0 Å². The largest absolute Gasteiger partial charge is 0.397 e. The molecule has 3 rings (SSSR count). The summed E-state index contributed by atoms with van der Waals surface area (Å²) in [4.78, 5) is 2.33. The number of fused-ring (bicyclic) bond motifs is 1. The summed E-state index contributed by atoms with van der Waals surface area (Å²) in [7, 11) is 2.16. The molecule has 1 saturated carbocycles. The van der Waals surface area contributed by atoms with E-state index in [0.717, 1.165) is 24.5 Å². The molecule has 2 aliphatic rings. The van der Waals surface area contributed by atoms with Crippen molar-refractivity contribution < 1.29 is 0 Å². The lowest BCUT2D eigenvalue weighted by molar-refractivity contribution is 0.548. The van der Waals surface area contributed by atoms with Crippen molar-refractivity contribution in [1.29, 1.82) is 0 Å². The second-order valence-corrected chi connectivity index (χ2v) is 4.95. The average molecular weight is 203 g/mol. The zero-order valence-corrected chi connectivity index (χ0v) is 9.09. The first-order valence-electron chi connectivity index (χ1n) is 5.54. The summed E-state index contributed by atoms with van der Waals surface area (Å²) in [5.74, 6) is 0. The van der Waals surface area contributed by atoms with Gasteiger partial charge in [-0.2, -0.15) is 0 Å². The van der Waals surface area contributed by atoms with Crippen LogP contribution in [0.5, 0.6) is 0 Å². The van der Waals surface area contributed by atoms with Crippen LogP contribution in [0, 0.1) is 5.41 Å². The molecular weight excluding hydrogens is 186 g/mol. The van der Waals surface area contributed by atoms with E-state index in [4.69, 9.17) is 5.73 Å². The predicted molar refractivity (Wildman–Crippen MR) is 64.3 cm³/mol. The van der Waals surface area contributed by atoms with Crippen LogP contribution in [0.2, 0.25) is 0 Å². The molecule has 0 radical (unpaired) electrons. The third-order valence-electron chi connectivity index (χ3n) is 3.66. The Bertz CT molecular complexity index is 396. The molecule has 0 amide bonds. The molecule has 80 valence electrons. The lowest BCUT2D eigenvalue weighted by atomic mass is 10.1. The second kappa shape index (κ2) is 2.81. The smallest absolute Gasteiger partial charge is 0.0811 e. The van der Waals surface area contributed by atoms with Gasteiger partial charge in [0, 0.05) is 25.6 Å². The molecule has 1 fully saturated rings. The van der Waals surface area contributed by atoms with Crippen LogP contribution in [0.4, 0.5) is 17.1 Å². The first-order chi connectivity index (χ1) is 7.20. The Morgan fingerprint density at radius 3 is 2.93 bits per heavy atom. The highest BCUT2D eigenvalue weighted by molar-refractivity contribution is 5.82. The van der Waals surface area contributed by atoms with Gasteiger partial charge in [-0.25, -0.2) is 0 Å². The molecule has 1 aromatic rings. The monoisotopic (exact) mass is 203 g/mol. The van der Waals surface area contributed by atoms with Crippen molar-refractivity contribution in [2.45, 2.75) is 12.8 Å². The number of rotatable bonds is 0. The van der Waals surface area contributed by atoms with Crippen molar-refractivity contribution in [2.75, 3.05) is 36.1 Å². The number of hydrogen-bond donors (Lipinski definition) is 2. The Balaban J connectivity index is 2.03. The van der Waals surface area contributed by atoms with Crippen molar-refractivity contribution in [3.63, 3.8) is 0 Å². The Kier molecular flexibility index (Phi) is 1.67. The van der Waals surface area contributed by atoms with Gasteiger partial charge in [-0.1, -0.05) is 6.07 Å². The van der Waals surface area contributed by atoms with Gasteiger partial charge in [0.1, 0.15) is 0 Å². The van der Waals surface area contributed by atoms with E-state index in [2.05, 4.69) is 23.3 Å². The van der Waals surface area contributed by atoms with Crippen LogP contribution in [0.15, 0.2) is 18.2 Å². The molecule has 1 aliphatic carbocycles. The third-order valence-corrected chi connectivity index (χ3v) is 3.66. The molecule has 1 aromatic carbocycles. The van der Waals surface area contributed by atoms with Crippen LogP contribution in [0.25, 0.3) is 0 Å². The number of nitrogens with zero attached hydrogens (tertiary/aromatic N) is 1. The number of hydrogen-bond acceptors (Lipinski definition) is 3. The Hall–Kier alpha value is -1.38. The SMILES string of the molecule is CN1CC2(CC2)CNc2c(N)cccc21. The summed E-state index contributed by atoms with van der Waals surface area (Å²) in [5.41, 5.74) is 9.71. The maximum atomic E-state index is 5.99. The lowest BCUT2D eigenvalue weighted by Crippen LogP contribution is -2.27. The standard InChI is InChI=1S/C12H17N3/c1-15-8-12(5-6-12)7-14-11-9(13)3-2-4-10(11)15/h2-4,14H,5-8,13H2,1H3. The molecule has 1 aliphatic heterocycles. The van der Waals surface area contributed by atoms with Crippen LogP contribution >= 0.6 is 0 Å². The first kappa shape index (κ1) is 8.89. The molecule has 1 spiro atoms. The van der Waals surface area contributed by atoms with Gasteiger partial charge in [0.2, 0.25) is 0 Å². The molecule has 0 unspecified atom stereocenters. The molecular formula is C12H17N3. The summed E-state index contributed by atoms with van der Waals surface area (Å²) in [5, 5.41) is 3.51. The van der Waals surface area contributed by atoms with Crippen LogP contribution in [-0.2, 0) is 0 Å². The van der Waals surface area contributed by atoms with Crippen LogP contribution < -0.4 is 16.0 Å². The summed E-state index contributed by atoms with van der Waals surface area (Å²) < 4.78 is 0. The minimum atomic E-state index is 0.514. The van der Waals surface area contributed by atoms with Gasteiger partial charge in [-0.05, 0) is 25.0 Å². The molecule has 0 aromatic heterocycles. The van der Waals surface area contributed by atoms with E-state index in [1.165, 1.54) is 18.5 Å². The van der Waals surface area contributed by atoms with Gasteiger partial charge in [0.15, 0.2) is 0 Å². The van der Waals surface area contributed by atoms with Crippen molar-refractivity contribution in [1.82, 2.24) is 0 Å². The number of para-hydroxylation sites is 1. The van der Waals surface area contributed by atoms with Crippen molar-refractivity contribution in [2.24, 2.45) is 5.41 Å². The minimum absolute atomic E-state index is 0.514. The number of nitrogen functional groups attached to an aromatic ring is 1. The summed E-state index contributed by atoms with van der Waals surface area (Å²) >= 11 is 0. The summed E-state index contributed by atoms with van der Waals surface area (Å²) in [6, 6.07) is 6.13. The average Bonchev–Trinajstić information content (AvgIpc) is 2.97. The fraction of sp³-hybridized carbons (Fsp3) is 0.500. The van der Waals surface area contributed by atoms with Crippen LogP contribution in [0.1, 0.15) is 12.8 Å². The Labute approximate surface area is 90.3 Å². The summed E-state index contributed by atoms with van der Waals surface area (Å²) in [6.45, 7) is 2.22. The van der Waals surface area contributed by atoms with Crippen molar-refractivity contribution in [3.8, 4) is 0 Å². The molecule has 3 N–H and O–H groups in total. The van der Waals surface area contributed by atoms with Crippen molar-refractivity contribution in [3.05, 3.63) is 18.2 Å². The van der Waals surface area contributed by atoms with E-state index in [1.54, 1.807) is 0 Å². The van der Waals surface area contributed by atoms with Crippen LogP contribution in [0.3, 0.4) is 0 Å². The van der Waals surface area contributed by atoms with E-state index in [-0.39, 0.29) is 0 Å². The molecule has 3 nitrogen and oxygen atoms in total. The molecule has 0 saturated heterocycles. The quantitative estimate of drug-likeness (QED) is 0.633. The van der Waals surface area contributed by atoms with Crippen LogP contribution in [-0.4, -0.2) is 20.1 Å². The normalized spacial score (nSPS) is 21.8. The van der Waals surface area contributed by atoms with Gasteiger partial charge in [0.25, 0.3) is 0 Å². The topological polar surface area (TPSA) is 41.3 Å². The second-order valence-electron chi connectivity index (χ2n) is 4.95. The van der Waals surface area contributed by atoms with E-state index in [0.29, 0.717) is 5.41 Å². The maximum absolute atomic E-state index is 5.99.